The molecule has 3 heteroatoms. The highest BCUT2D eigenvalue weighted by molar-refractivity contribution is 5.91. The summed E-state index contributed by atoms with van der Waals surface area (Å²) in [6, 6.07) is 0. The van der Waals surface area contributed by atoms with Crippen molar-refractivity contribution < 1.29 is 14.3 Å². The first-order valence-electron chi connectivity index (χ1n) is 4.33. The zero-order chi connectivity index (χ0) is 9.19. The Morgan fingerprint density at radius 1 is 1.50 bits per heavy atom. The second-order valence-electron chi connectivity index (χ2n) is 3.57. The average Bonchev–Trinajstić information content (AvgIpc) is 1.99. The third-order valence-corrected chi connectivity index (χ3v) is 2.38. The Labute approximate surface area is 72.1 Å². The molecule has 0 aromatic heterocycles. The van der Waals surface area contributed by atoms with Crippen LogP contribution in [0.15, 0.2) is 0 Å². The van der Waals surface area contributed by atoms with Crippen LogP contribution in [-0.2, 0) is 14.3 Å². The molecule has 0 aromatic rings. The van der Waals surface area contributed by atoms with Gasteiger partial charge in [-0.2, -0.15) is 0 Å². The molecular weight excluding hydrogens is 156 g/mol. The van der Waals surface area contributed by atoms with Crippen molar-refractivity contribution in [1.82, 2.24) is 0 Å². The van der Waals surface area contributed by atoms with Crippen molar-refractivity contribution in [2.45, 2.75) is 39.5 Å². The summed E-state index contributed by atoms with van der Waals surface area (Å²) in [6.07, 6.45) is 2.76. The third-order valence-electron chi connectivity index (χ3n) is 2.38. The lowest BCUT2D eigenvalue weighted by Crippen LogP contribution is -2.36. The Morgan fingerprint density at radius 3 is 2.67 bits per heavy atom. The predicted molar refractivity (Wildman–Crippen MR) is 43.3 cm³/mol. The van der Waals surface area contributed by atoms with Gasteiger partial charge in [-0.15, -0.1) is 0 Å². The van der Waals surface area contributed by atoms with Gasteiger partial charge >= 0.3 is 11.9 Å². The van der Waals surface area contributed by atoms with Crippen molar-refractivity contribution in [3.05, 3.63) is 0 Å². The lowest BCUT2D eigenvalue weighted by atomic mass is 9.80. The molecular formula is C9H14O3. The number of hydrogen-bond donors (Lipinski definition) is 0. The summed E-state index contributed by atoms with van der Waals surface area (Å²) in [5.74, 6) is -0.728. The first kappa shape index (κ1) is 9.23. The maximum absolute atomic E-state index is 11.3. The van der Waals surface area contributed by atoms with Crippen LogP contribution in [0.3, 0.4) is 0 Å². The Morgan fingerprint density at radius 2 is 2.17 bits per heavy atom. The number of esters is 2. The summed E-state index contributed by atoms with van der Waals surface area (Å²) in [7, 11) is 0. The van der Waals surface area contributed by atoms with Crippen LogP contribution in [0.4, 0.5) is 0 Å². The predicted octanol–water partition coefficient (Wildman–Crippen LogP) is 1.66. The zero-order valence-electron chi connectivity index (χ0n) is 7.55. The van der Waals surface area contributed by atoms with Gasteiger partial charge < -0.3 is 4.74 Å². The number of ether oxygens (including phenoxy) is 1. The fourth-order valence-electron chi connectivity index (χ4n) is 1.54. The largest absolute Gasteiger partial charge is 0.393 e. The SMILES string of the molecule is CCCC1(C)CCC(=O)OC1=O. The molecule has 1 fully saturated rings. The van der Waals surface area contributed by atoms with Crippen LogP contribution in [0.25, 0.3) is 0 Å². The van der Waals surface area contributed by atoms with Crippen molar-refractivity contribution >= 4 is 11.9 Å². The summed E-state index contributed by atoms with van der Waals surface area (Å²) < 4.78 is 4.58. The Balaban J connectivity index is 2.66. The number of carbonyl (C=O) groups is 2. The van der Waals surface area contributed by atoms with Gasteiger partial charge in [-0.3, -0.25) is 9.59 Å². The highest BCUT2D eigenvalue weighted by atomic mass is 16.6. The van der Waals surface area contributed by atoms with Gasteiger partial charge in [-0.25, -0.2) is 0 Å². The second-order valence-corrected chi connectivity index (χ2v) is 3.57. The maximum Gasteiger partial charge on any atom is 0.319 e. The highest BCUT2D eigenvalue weighted by Crippen LogP contribution is 2.34. The first-order valence-corrected chi connectivity index (χ1v) is 4.33. The van der Waals surface area contributed by atoms with Crippen molar-refractivity contribution in [2.24, 2.45) is 5.41 Å². The fraction of sp³-hybridized carbons (Fsp3) is 0.778. The second kappa shape index (κ2) is 3.25. The van der Waals surface area contributed by atoms with Gasteiger partial charge in [0.2, 0.25) is 0 Å². The summed E-state index contributed by atoms with van der Waals surface area (Å²) in [5, 5.41) is 0. The Hall–Kier alpha value is -0.860. The molecule has 0 amide bonds. The van der Waals surface area contributed by atoms with Crippen LogP contribution in [0.1, 0.15) is 39.5 Å². The monoisotopic (exact) mass is 170 g/mol. The summed E-state index contributed by atoms with van der Waals surface area (Å²) in [6.45, 7) is 3.89. The van der Waals surface area contributed by atoms with Gasteiger partial charge in [0.1, 0.15) is 0 Å². The molecule has 0 aliphatic carbocycles. The standard InChI is InChI=1S/C9H14O3/c1-3-5-9(2)6-4-7(10)12-8(9)11/h3-6H2,1-2H3. The number of carbonyl (C=O) groups excluding carboxylic acids is 2. The molecule has 0 saturated carbocycles. The number of hydrogen-bond acceptors (Lipinski definition) is 3. The molecule has 12 heavy (non-hydrogen) atoms. The minimum atomic E-state index is -0.414. The molecule has 1 aliphatic heterocycles. The van der Waals surface area contributed by atoms with Crippen molar-refractivity contribution in [3.8, 4) is 0 Å². The molecule has 0 aromatic carbocycles. The molecule has 1 heterocycles. The van der Waals surface area contributed by atoms with Crippen LogP contribution in [0.2, 0.25) is 0 Å². The topological polar surface area (TPSA) is 43.4 Å². The summed E-state index contributed by atoms with van der Waals surface area (Å²) in [4.78, 5) is 22.0. The van der Waals surface area contributed by atoms with E-state index >= 15 is 0 Å². The normalized spacial score (nSPS) is 30.2. The van der Waals surface area contributed by atoms with Crippen molar-refractivity contribution in [1.29, 1.82) is 0 Å². The highest BCUT2D eigenvalue weighted by Gasteiger charge is 2.39. The van der Waals surface area contributed by atoms with Crippen molar-refractivity contribution in [3.63, 3.8) is 0 Å². The lowest BCUT2D eigenvalue weighted by Gasteiger charge is -2.29. The quantitative estimate of drug-likeness (QED) is 0.467. The van der Waals surface area contributed by atoms with Crippen molar-refractivity contribution in [2.75, 3.05) is 0 Å². The first-order chi connectivity index (χ1) is 5.58. The van der Waals surface area contributed by atoms with Gasteiger partial charge in [-0.1, -0.05) is 13.3 Å². The van der Waals surface area contributed by atoms with E-state index in [4.69, 9.17) is 0 Å². The van der Waals surface area contributed by atoms with E-state index in [9.17, 15) is 9.59 Å². The smallest absolute Gasteiger partial charge is 0.319 e. The van der Waals surface area contributed by atoms with Crippen LogP contribution in [0.5, 0.6) is 0 Å². The molecule has 0 radical (unpaired) electrons. The van der Waals surface area contributed by atoms with E-state index in [-0.39, 0.29) is 11.9 Å². The Bertz CT molecular complexity index is 210. The minimum Gasteiger partial charge on any atom is -0.393 e. The van der Waals surface area contributed by atoms with Gasteiger partial charge in [0, 0.05) is 6.42 Å². The van der Waals surface area contributed by atoms with Gasteiger partial charge in [0.15, 0.2) is 0 Å². The van der Waals surface area contributed by atoms with Gasteiger partial charge in [-0.05, 0) is 19.8 Å². The minimum absolute atomic E-state index is 0.347. The van der Waals surface area contributed by atoms with E-state index in [0.717, 1.165) is 12.8 Å². The molecule has 1 unspecified atom stereocenters. The molecule has 1 atom stereocenters. The lowest BCUT2D eigenvalue weighted by molar-refractivity contribution is -0.173. The zero-order valence-corrected chi connectivity index (χ0v) is 7.55. The van der Waals surface area contributed by atoms with Crippen LogP contribution < -0.4 is 0 Å². The van der Waals surface area contributed by atoms with Gasteiger partial charge in [0.05, 0.1) is 5.41 Å². The van der Waals surface area contributed by atoms with E-state index < -0.39 is 5.41 Å². The molecule has 0 bridgehead atoms. The molecule has 1 rings (SSSR count). The van der Waals surface area contributed by atoms with Crippen LogP contribution >= 0.6 is 0 Å². The molecule has 1 saturated heterocycles. The molecule has 0 spiro atoms. The van der Waals surface area contributed by atoms with E-state index in [2.05, 4.69) is 4.74 Å². The van der Waals surface area contributed by atoms with E-state index in [1.165, 1.54) is 0 Å². The molecule has 3 nitrogen and oxygen atoms in total. The summed E-state index contributed by atoms with van der Waals surface area (Å²) in [5.41, 5.74) is -0.414. The molecule has 1 aliphatic rings. The van der Waals surface area contributed by atoms with Crippen LogP contribution in [0, 0.1) is 5.41 Å². The Kier molecular flexibility index (Phi) is 2.50. The maximum atomic E-state index is 11.3. The molecule has 0 N–H and O–H groups in total. The van der Waals surface area contributed by atoms with E-state index in [1.807, 2.05) is 13.8 Å². The molecule has 68 valence electrons. The van der Waals surface area contributed by atoms with E-state index in [1.54, 1.807) is 0 Å². The average molecular weight is 170 g/mol. The number of rotatable bonds is 2. The van der Waals surface area contributed by atoms with E-state index in [0.29, 0.717) is 12.8 Å². The third kappa shape index (κ3) is 1.65. The van der Waals surface area contributed by atoms with Gasteiger partial charge in [0.25, 0.3) is 0 Å². The number of cyclic esters (lactones) is 2. The van der Waals surface area contributed by atoms with Crippen LogP contribution in [-0.4, -0.2) is 11.9 Å². The fourth-order valence-corrected chi connectivity index (χ4v) is 1.54. The summed E-state index contributed by atoms with van der Waals surface area (Å²) >= 11 is 0.